The standard InChI is InChI=1S/C5H10N2O.C2H6/c6-4-2-1-3-7-5(4)8;1-2/h4H,1-3,6H2,(H,7,8);1-2H3. The molecule has 3 N–H and O–H groups in total. The molecule has 0 radical (unpaired) electrons. The molecule has 1 atom stereocenters. The molecular formula is C7H16N2O. The molecule has 1 saturated heterocycles. The van der Waals surface area contributed by atoms with Crippen molar-refractivity contribution < 1.29 is 4.79 Å². The molecule has 0 saturated carbocycles. The average molecular weight is 144 g/mol. The first kappa shape index (κ1) is 9.43. The van der Waals surface area contributed by atoms with Crippen LogP contribution in [0.15, 0.2) is 0 Å². The lowest BCUT2D eigenvalue weighted by molar-refractivity contribution is -0.123. The van der Waals surface area contributed by atoms with E-state index in [9.17, 15) is 4.79 Å². The highest BCUT2D eigenvalue weighted by atomic mass is 16.2. The molecule has 3 heteroatoms. The maximum Gasteiger partial charge on any atom is 0.236 e. The Balaban J connectivity index is 0.000000371. The fourth-order valence-corrected chi connectivity index (χ4v) is 0.796. The van der Waals surface area contributed by atoms with E-state index in [-0.39, 0.29) is 11.9 Å². The zero-order valence-electron chi connectivity index (χ0n) is 6.68. The van der Waals surface area contributed by atoms with Crippen molar-refractivity contribution in [1.29, 1.82) is 0 Å². The van der Waals surface area contributed by atoms with Crippen LogP contribution in [-0.2, 0) is 4.79 Å². The van der Waals surface area contributed by atoms with E-state index < -0.39 is 0 Å². The molecule has 0 bridgehead atoms. The SMILES string of the molecule is CC.NC1CCCNC1=O. The third-order valence-corrected chi connectivity index (χ3v) is 1.33. The Kier molecular flexibility index (Phi) is 4.94. The molecule has 1 aliphatic heterocycles. The fourth-order valence-electron chi connectivity index (χ4n) is 0.796. The Hall–Kier alpha value is -0.570. The molecule has 0 aromatic carbocycles. The van der Waals surface area contributed by atoms with Gasteiger partial charge in [0.05, 0.1) is 6.04 Å². The fraction of sp³-hybridized carbons (Fsp3) is 0.857. The van der Waals surface area contributed by atoms with Crippen LogP contribution in [0.5, 0.6) is 0 Å². The molecule has 1 unspecified atom stereocenters. The minimum absolute atomic E-state index is 0.00347. The van der Waals surface area contributed by atoms with Crippen LogP contribution >= 0.6 is 0 Å². The minimum Gasteiger partial charge on any atom is -0.355 e. The summed E-state index contributed by atoms with van der Waals surface area (Å²) in [4.78, 5) is 10.6. The van der Waals surface area contributed by atoms with Crippen molar-refractivity contribution >= 4 is 5.91 Å². The van der Waals surface area contributed by atoms with Crippen LogP contribution in [-0.4, -0.2) is 18.5 Å². The Morgan fingerprint density at radius 3 is 2.50 bits per heavy atom. The normalized spacial score (nSPS) is 24.3. The first-order valence-electron chi connectivity index (χ1n) is 3.84. The third kappa shape index (κ3) is 2.82. The molecule has 1 aliphatic rings. The number of hydrogen-bond acceptors (Lipinski definition) is 2. The number of hydrogen-bond donors (Lipinski definition) is 2. The molecule has 3 nitrogen and oxygen atoms in total. The second-order valence-electron chi connectivity index (χ2n) is 2.04. The number of nitrogens with one attached hydrogen (secondary N) is 1. The molecule has 1 fully saturated rings. The van der Waals surface area contributed by atoms with Gasteiger partial charge in [-0.15, -0.1) is 0 Å². The van der Waals surface area contributed by atoms with Crippen LogP contribution in [0.25, 0.3) is 0 Å². The van der Waals surface area contributed by atoms with Gasteiger partial charge in [-0.05, 0) is 12.8 Å². The Labute approximate surface area is 62.0 Å². The quantitative estimate of drug-likeness (QED) is 0.512. The maximum absolute atomic E-state index is 10.6. The summed E-state index contributed by atoms with van der Waals surface area (Å²) in [5.74, 6) is -0.00347. The second-order valence-corrected chi connectivity index (χ2v) is 2.04. The largest absolute Gasteiger partial charge is 0.355 e. The van der Waals surface area contributed by atoms with Crippen LogP contribution < -0.4 is 11.1 Å². The second kappa shape index (κ2) is 5.23. The molecule has 0 aliphatic carbocycles. The lowest BCUT2D eigenvalue weighted by atomic mass is 10.1. The van der Waals surface area contributed by atoms with E-state index in [1.807, 2.05) is 13.8 Å². The lowest BCUT2D eigenvalue weighted by Crippen LogP contribution is -2.45. The van der Waals surface area contributed by atoms with Crippen LogP contribution in [0.3, 0.4) is 0 Å². The third-order valence-electron chi connectivity index (χ3n) is 1.33. The number of piperidine rings is 1. The molecule has 0 spiro atoms. The van der Waals surface area contributed by atoms with Crippen molar-refractivity contribution in [3.8, 4) is 0 Å². The highest BCUT2D eigenvalue weighted by Gasteiger charge is 2.15. The maximum atomic E-state index is 10.6. The van der Waals surface area contributed by atoms with Crippen molar-refractivity contribution in [2.45, 2.75) is 32.7 Å². The molecule has 0 aromatic heterocycles. The van der Waals surface area contributed by atoms with Gasteiger partial charge < -0.3 is 11.1 Å². The Morgan fingerprint density at radius 1 is 1.60 bits per heavy atom. The van der Waals surface area contributed by atoms with Crippen LogP contribution in [0.4, 0.5) is 0 Å². The zero-order valence-corrected chi connectivity index (χ0v) is 6.68. The number of carbonyl (C=O) groups is 1. The predicted octanol–water partition coefficient (Wildman–Crippen LogP) is 0.250. The summed E-state index contributed by atoms with van der Waals surface area (Å²) in [5, 5.41) is 2.67. The molecule has 60 valence electrons. The number of amides is 1. The average Bonchev–Trinajstić information content (AvgIpc) is 2.00. The minimum atomic E-state index is -0.247. The molecule has 1 amide bonds. The first-order chi connectivity index (χ1) is 4.80. The van der Waals surface area contributed by atoms with E-state index in [0.717, 1.165) is 19.4 Å². The zero-order chi connectivity index (χ0) is 7.98. The highest BCUT2D eigenvalue weighted by molar-refractivity contribution is 5.81. The van der Waals surface area contributed by atoms with Gasteiger partial charge in [0, 0.05) is 6.54 Å². The van der Waals surface area contributed by atoms with Crippen molar-refractivity contribution in [2.75, 3.05) is 6.54 Å². The monoisotopic (exact) mass is 144 g/mol. The van der Waals surface area contributed by atoms with E-state index in [1.54, 1.807) is 0 Å². The molecule has 10 heavy (non-hydrogen) atoms. The Bertz CT molecular complexity index is 104. The topological polar surface area (TPSA) is 55.1 Å². The predicted molar refractivity (Wildman–Crippen MR) is 41.6 cm³/mol. The molecule has 1 heterocycles. The van der Waals surface area contributed by atoms with Crippen molar-refractivity contribution in [3.63, 3.8) is 0 Å². The summed E-state index contributed by atoms with van der Waals surface area (Å²) in [7, 11) is 0. The van der Waals surface area contributed by atoms with Crippen molar-refractivity contribution in [3.05, 3.63) is 0 Å². The Morgan fingerprint density at radius 2 is 2.20 bits per heavy atom. The van der Waals surface area contributed by atoms with Gasteiger partial charge in [-0.25, -0.2) is 0 Å². The van der Waals surface area contributed by atoms with Crippen LogP contribution in [0, 0.1) is 0 Å². The summed E-state index contributed by atoms with van der Waals surface area (Å²) >= 11 is 0. The molecular weight excluding hydrogens is 128 g/mol. The number of carbonyl (C=O) groups excluding carboxylic acids is 1. The van der Waals surface area contributed by atoms with Crippen LogP contribution in [0.2, 0.25) is 0 Å². The highest BCUT2D eigenvalue weighted by Crippen LogP contribution is 1.98. The van der Waals surface area contributed by atoms with Gasteiger partial charge in [0.2, 0.25) is 5.91 Å². The van der Waals surface area contributed by atoms with Gasteiger partial charge in [-0.2, -0.15) is 0 Å². The summed E-state index contributed by atoms with van der Waals surface area (Å²) in [6.45, 7) is 4.80. The summed E-state index contributed by atoms with van der Waals surface area (Å²) in [6.07, 6.45) is 1.86. The lowest BCUT2D eigenvalue weighted by Gasteiger charge is -2.16. The van der Waals surface area contributed by atoms with Crippen LogP contribution in [0.1, 0.15) is 26.7 Å². The van der Waals surface area contributed by atoms with Gasteiger partial charge in [-0.1, -0.05) is 13.8 Å². The summed E-state index contributed by atoms with van der Waals surface area (Å²) in [6, 6.07) is -0.247. The first-order valence-corrected chi connectivity index (χ1v) is 3.84. The van der Waals surface area contributed by atoms with Gasteiger partial charge in [0.1, 0.15) is 0 Å². The van der Waals surface area contributed by atoms with Crippen molar-refractivity contribution in [1.82, 2.24) is 5.32 Å². The summed E-state index contributed by atoms with van der Waals surface area (Å²) in [5.41, 5.74) is 5.37. The molecule has 1 rings (SSSR count). The van der Waals surface area contributed by atoms with E-state index in [4.69, 9.17) is 5.73 Å². The van der Waals surface area contributed by atoms with Gasteiger partial charge in [0.15, 0.2) is 0 Å². The van der Waals surface area contributed by atoms with E-state index in [1.165, 1.54) is 0 Å². The van der Waals surface area contributed by atoms with Gasteiger partial charge in [-0.3, -0.25) is 4.79 Å². The van der Waals surface area contributed by atoms with E-state index in [0.29, 0.717) is 0 Å². The van der Waals surface area contributed by atoms with Gasteiger partial charge in [0.25, 0.3) is 0 Å². The van der Waals surface area contributed by atoms with Crippen molar-refractivity contribution in [2.24, 2.45) is 5.73 Å². The van der Waals surface area contributed by atoms with Gasteiger partial charge >= 0.3 is 0 Å². The van der Waals surface area contributed by atoms with E-state index >= 15 is 0 Å². The van der Waals surface area contributed by atoms with E-state index in [2.05, 4.69) is 5.32 Å². The summed E-state index contributed by atoms with van der Waals surface area (Å²) < 4.78 is 0. The number of rotatable bonds is 0. The number of nitrogens with two attached hydrogens (primary N) is 1. The smallest absolute Gasteiger partial charge is 0.236 e. The molecule has 0 aromatic rings.